The number of aromatic amines is 1. The number of carbonyl (C=O) groups is 1. The van der Waals surface area contributed by atoms with Crippen molar-refractivity contribution >= 4 is 22.5 Å². The Balaban J connectivity index is 1.37. The number of amides is 1. The zero-order chi connectivity index (χ0) is 20.7. The molecule has 5 nitrogen and oxygen atoms in total. The summed E-state index contributed by atoms with van der Waals surface area (Å²) >= 11 is 0. The Bertz CT molecular complexity index is 1080. The average molecular weight is 404 g/mol. The van der Waals surface area contributed by atoms with Crippen molar-refractivity contribution in [2.75, 3.05) is 38.2 Å². The number of carbonyl (C=O) groups excluding carboxylic acids is 1. The van der Waals surface area contributed by atoms with Crippen molar-refractivity contribution in [3.05, 3.63) is 59.3 Å². The molecule has 1 amide bonds. The molecule has 0 spiro atoms. The third-order valence-electron chi connectivity index (χ3n) is 6.69. The van der Waals surface area contributed by atoms with E-state index in [2.05, 4.69) is 28.9 Å². The molecule has 0 radical (unpaired) electrons. The average Bonchev–Trinajstić information content (AvgIpc) is 3.16. The van der Waals surface area contributed by atoms with Crippen molar-refractivity contribution in [3.63, 3.8) is 0 Å². The fourth-order valence-electron chi connectivity index (χ4n) is 5.01. The Kier molecular flexibility index (Phi) is 4.89. The first kappa shape index (κ1) is 19.0. The van der Waals surface area contributed by atoms with Crippen LogP contribution >= 0.6 is 0 Å². The molecule has 30 heavy (non-hydrogen) atoms. The molecule has 1 fully saturated rings. The number of aryl methyl sites for hydroxylation is 1. The third-order valence-corrected chi connectivity index (χ3v) is 6.69. The summed E-state index contributed by atoms with van der Waals surface area (Å²) in [5.41, 5.74) is 5.66. The molecule has 0 bridgehead atoms. The number of nitrogens with zero attached hydrogens (tertiary/aromatic N) is 2. The molecule has 5 heteroatoms. The van der Waals surface area contributed by atoms with Crippen LogP contribution in [0.2, 0.25) is 0 Å². The van der Waals surface area contributed by atoms with Crippen LogP contribution in [0, 0.1) is 5.92 Å². The lowest BCUT2D eigenvalue weighted by Crippen LogP contribution is -2.48. The van der Waals surface area contributed by atoms with Gasteiger partial charge >= 0.3 is 0 Å². The van der Waals surface area contributed by atoms with Crippen molar-refractivity contribution in [1.82, 2.24) is 9.88 Å². The van der Waals surface area contributed by atoms with Gasteiger partial charge in [0.15, 0.2) is 0 Å². The fourth-order valence-corrected chi connectivity index (χ4v) is 5.01. The van der Waals surface area contributed by atoms with Crippen molar-refractivity contribution in [2.45, 2.75) is 26.2 Å². The lowest BCUT2D eigenvalue weighted by atomic mass is 9.87. The van der Waals surface area contributed by atoms with E-state index >= 15 is 0 Å². The quantitative estimate of drug-likeness (QED) is 0.711. The third kappa shape index (κ3) is 3.22. The number of anilines is 1. The largest absolute Gasteiger partial charge is 0.495 e. The van der Waals surface area contributed by atoms with E-state index in [0.29, 0.717) is 19.0 Å². The molecule has 2 aliphatic rings. The number of nitrogens with one attached hydrogen (secondary N) is 1. The van der Waals surface area contributed by atoms with Gasteiger partial charge in [-0.25, -0.2) is 0 Å². The molecule has 1 aromatic heterocycles. The lowest BCUT2D eigenvalue weighted by Gasteiger charge is -2.36. The molecule has 2 aromatic carbocycles. The van der Waals surface area contributed by atoms with Gasteiger partial charge in [0.25, 0.3) is 5.91 Å². The number of hydrogen-bond acceptors (Lipinski definition) is 3. The summed E-state index contributed by atoms with van der Waals surface area (Å²) in [4.78, 5) is 21.3. The highest BCUT2D eigenvalue weighted by atomic mass is 16.5. The van der Waals surface area contributed by atoms with Gasteiger partial charge in [0.05, 0.1) is 23.9 Å². The van der Waals surface area contributed by atoms with E-state index < -0.39 is 0 Å². The number of hydrogen-bond donors (Lipinski definition) is 1. The number of methoxy groups -OCH3 is 1. The summed E-state index contributed by atoms with van der Waals surface area (Å²) in [6.07, 6.45) is 3.40. The molecule has 1 aliphatic carbocycles. The maximum Gasteiger partial charge on any atom is 0.256 e. The van der Waals surface area contributed by atoms with Crippen LogP contribution in [0.4, 0.5) is 5.69 Å². The number of fused-ring (bicyclic) bond motifs is 3. The van der Waals surface area contributed by atoms with Crippen LogP contribution in [0.5, 0.6) is 5.75 Å². The van der Waals surface area contributed by atoms with Crippen LogP contribution in [0.3, 0.4) is 0 Å². The number of piperazine rings is 1. The highest BCUT2D eigenvalue weighted by Crippen LogP contribution is 2.34. The normalized spacial score (nSPS) is 19.1. The minimum Gasteiger partial charge on any atom is -0.495 e. The van der Waals surface area contributed by atoms with Crippen molar-refractivity contribution in [1.29, 1.82) is 0 Å². The maximum atomic E-state index is 13.4. The SMILES string of the molecule is COc1ccccc1N1CCN(C(=O)c2cccc3c4c([nH]c23)CCC(C)C4)CC1. The van der Waals surface area contributed by atoms with Gasteiger partial charge < -0.3 is 19.5 Å². The van der Waals surface area contributed by atoms with Crippen LogP contribution < -0.4 is 9.64 Å². The number of aromatic nitrogens is 1. The predicted octanol–water partition coefficient (Wildman–Crippen LogP) is 4.26. The summed E-state index contributed by atoms with van der Waals surface area (Å²) < 4.78 is 5.51. The van der Waals surface area contributed by atoms with Gasteiger partial charge in [-0.05, 0) is 48.9 Å². The van der Waals surface area contributed by atoms with E-state index in [-0.39, 0.29) is 5.91 Å². The number of rotatable bonds is 3. The molecule has 2 heterocycles. The van der Waals surface area contributed by atoms with E-state index in [1.54, 1.807) is 7.11 Å². The summed E-state index contributed by atoms with van der Waals surface area (Å²) in [5.74, 6) is 1.72. The Labute approximate surface area is 177 Å². The van der Waals surface area contributed by atoms with E-state index in [9.17, 15) is 4.79 Å². The molecule has 1 aliphatic heterocycles. The minimum absolute atomic E-state index is 0.131. The first-order valence-electron chi connectivity index (χ1n) is 11.0. The molecule has 1 atom stereocenters. The Morgan fingerprint density at radius 1 is 1.07 bits per heavy atom. The first-order valence-corrected chi connectivity index (χ1v) is 11.0. The zero-order valence-electron chi connectivity index (χ0n) is 17.8. The molecular weight excluding hydrogens is 374 g/mol. The molecule has 156 valence electrons. The molecular formula is C25H29N3O2. The maximum absolute atomic E-state index is 13.4. The van der Waals surface area contributed by atoms with Gasteiger partial charge in [-0.1, -0.05) is 31.2 Å². The number of para-hydroxylation sites is 3. The van der Waals surface area contributed by atoms with E-state index in [4.69, 9.17) is 4.74 Å². The molecule has 1 unspecified atom stereocenters. The van der Waals surface area contributed by atoms with Crippen molar-refractivity contribution in [2.24, 2.45) is 5.92 Å². The highest BCUT2D eigenvalue weighted by Gasteiger charge is 2.27. The molecule has 3 aromatic rings. The second-order valence-corrected chi connectivity index (χ2v) is 8.61. The van der Waals surface area contributed by atoms with Crippen LogP contribution in [0.1, 0.15) is 35.0 Å². The van der Waals surface area contributed by atoms with E-state index in [1.807, 2.05) is 35.2 Å². The van der Waals surface area contributed by atoms with Gasteiger partial charge in [-0.15, -0.1) is 0 Å². The summed E-state index contributed by atoms with van der Waals surface area (Å²) in [5, 5.41) is 1.23. The van der Waals surface area contributed by atoms with Crippen LogP contribution in [-0.4, -0.2) is 49.1 Å². The topological polar surface area (TPSA) is 48.6 Å². The Hall–Kier alpha value is -2.95. The van der Waals surface area contributed by atoms with Gasteiger partial charge in [-0.2, -0.15) is 0 Å². The van der Waals surface area contributed by atoms with Gasteiger partial charge in [-0.3, -0.25) is 4.79 Å². The second-order valence-electron chi connectivity index (χ2n) is 8.61. The van der Waals surface area contributed by atoms with Crippen LogP contribution in [0.15, 0.2) is 42.5 Å². The second kappa shape index (κ2) is 7.71. The van der Waals surface area contributed by atoms with Crippen molar-refractivity contribution < 1.29 is 9.53 Å². The lowest BCUT2D eigenvalue weighted by molar-refractivity contribution is 0.0748. The highest BCUT2D eigenvalue weighted by molar-refractivity contribution is 6.07. The summed E-state index contributed by atoms with van der Waals surface area (Å²) in [6, 6.07) is 14.3. The Morgan fingerprint density at radius 3 is 2.67 bits per heavy atom. The first-order chi connectivity index (χ1) is 14.7. The zero-order valence-corrected chi connectivity index (χ0v) is 17.8. The number of ether oxygens (including phenoxy) is 1. The van der Waals surface area contributed by atoms with Crippen LogP contribution in [-0.2, 0) is 12.8 Å². The van der Waals surface area contributed by atoms with Crippen molar-refractivity contribution in [3.8, 4) is 5.75 Å². The predicted molar refractivity (Wildman–Crippen MR) is 121 cm³/mol. The van der Waals surface area contributed by atoms with E-state index in [0.717, 1.165) is 48.4 Å². The standard InChI is InChI=1S/C25H29N3O2/c1-17-10-11-21-20(16-17)18-6-5-7-19(24(18)26-21)25(29)28-14-12-27(13-15-28)22-8-3-4-9-23(22)30-2/h3-9,17,26H,10-16H2,1-2H3. The summed E-state index contributed by atoms with van der Waals surface area (Å²) in [6.45, 7) is 5.36. The molecule has 1 saturated heterocycles. The van der Waals surface area contributed by atoms with Gasteiger partial charge in [0, 0.05) is 37.3 Å². The monoisotopic (exact) mass is 403 g/mol. The van der Waals surface area contributed by atoms with Crippen LogP contribution in [0.25, 0.3) is 10.9 Å². The Morgan fingerprint density at radius 2 is 1.87 bits per heavy atom. The molecule has 0 saturated carbocycles. The fraction of sp³-hybridized carbons (Fsp3) is 0.400. The molecule has 1 N–H and O–H groups in total. The smallest absolute Gasteiger partial charge is 0.256 e. The van der Waals surface area contributed by atoms with Gasteiger partial charge in [0.2, 0.25) is 0 Å². The number of H-pyrrole nitrogens is 1. The van der Waals surface area contributed by atoms with E-state index in [1.165, 1.54) is 23.1 Å². The summed E-state index contributed by atoms with van der Waals surface area (Å²) in [7, 11) is 1.70. The van der Waals surface area contributed by atoms with Gasteiger partial charge in [0.1, 0.15) is 5.75 Å². The number of benzene rings is 2. The minimum atomic E-state index is 0.131. The molecule has 5 rings (SSSR count).